The van der Waals surface area contributed by atoms with Crippen molar-refractivity contribution in [2.24, 2.45) is 0 Å². The van der Waals surface area contributed by atoms with Gasteiger partial charge in [-0.2, -0.15) is 0 Å². The number of nitrogens with zero attached hydrogens (tertiary/aromatic N) is 2. The fourth-order valence-electron chi connectivity index (χ4n) is 1.68. The molecule has 1 amide bonds. The van der Waals surface area contributed by atoms with Crippen LogP contribution < -0.4 is 0 Å². The summed E-state index contributed by atoms with van der Waals surface area (Å²) in [7, 11) is 0. The van der Waals surface area contributed by atoms with E-state index in [4.69, 9.17) is 0 Å². The van der Waals surface area contributed by atoms with Crippen LogP contribution in [0.5, 0.6) is 0 Å². The second-order valence-corrected chi connectivity index (χ2v) is 4.98. The van der Waals surface area contributed by atoms with E-state index in [0.29, 0.717) is 5.01 Å². The summed E-state index contributed by atoms with van der Waals surface area (Å²) in [6.07, 6.45) is 0. The molecule has 94 valence electrons. The van der Waals surface area contributed by atoms with Crippen LogP contribution >= 0.6 is 11.3 Å². The van der Waals surface area contributed by atoms with E-state index in [1.54, 1.807) is 26.2 Å². The molecule has 1 aromatic rings. The third-order valence-corrected chi connectivity index (χ3v) is 3.32. The Morgan fingerprint density at radius 1 is 1.47 bits per heavy atom. The predicted octanol–water partition coefficient (Wildman–Crippen LogP) is 1.83. The van der Waals surface area contributed by atoms with Crippen molar-refractivity contribution in [3.8, 4) is 0 Å². The summed E-state index contributed by atoms with van der Waals surface area (Å²) in [6.45, 7) is 6.75. The molecule has 1 aromatic heterocycles. The third-order valence-electron chi connectivity index (χ3n) is 2.30. The molecular formula is C11H16N2O3S. The normalized spacial score (nSPS) is 12.5. The lowest BCUT2D eigenvalue weighted by atomic mass is 10.2. The molecule has 0 aliphatic carbocycles. The van der Waals surface area contributed by atoms with Gasteiger partial charge in [-0.05, 0) is 20.8 Å². The van der Waals surface area contributed by atoms with Crippen LogP contribution in [0.15, 0.2) is 5.38 Å². The minimum absolute atomic E-state index is 0.183. The van der Waals surface area contributed by atoms with Gasteiger partial charge in [0.25, 0.3) is 0 Å². The summed E-state index contributed by atoms with van der Waals surface area (Å²) in [5.41, 5.74) is 0.767. The first-order valence-electron chi connectivity index (χ1n) is 5.28. The third kappa shape index (κ3) is 3.03. The molecule has 0 aliphatic rings. The average Bonchev–Trinajstić information content (AvgIpc) is 2.58. The first-order valence-corrected chi connectivity index (χ1v) is 6.16. The van der Waals surface area contributed by atoms with Gasteiger partial charge in [-0.15, -0.1) is 11.3 Å². The number of thiazole rings is 1. The molecular weight excluding hydrogens is 240 g/mol. The van der Waals surface area contributed by atoms with Crippen LogP contribution in [-0.2, 0) is 9.59 Å². The molecule has 6 heteroatoms. The maximum Gasteiger partial charge on any atom is 0.333 e. The first-order chi connectivity index (χ1) is 7.84. The van der Waals surface area contributed by atoms with Crippen LogP contribution in [0, 0.1) is 6.92 Å². The average molecular weight is 256 g/mol. The number of aromatic nitrogens is 1. The minimum Gasteiger partial charge on any atom is -0.479 e. The number of amides is 1. The molecule has 0 aromatic carbocycles. The summed E-state index contributed by atoms with van der Waals surface area (Å²) >= 11 is 1.26. The van der Waals surface area contributed by atoms with Gasteiger partial charge in [-0.25, -0.2) is 9.78 Å². The van der Waals surface area contributed by atoms with Crippen LogP contribution in [0.1, 0.15) is 37.5 Å². The van der Waals surface area contributed by atoms with E-state index >= 15 is 0 Å². The van der Waals surface area contributed by atoms with Crippen molar-refractivity contribution in [2.45, 2.75) is 39.8 Å². The summed E-state index contributed by atoms with van der Waals surface area (Å²) < 4.78 is 0. The Morgan fingerprint density at radius 3 is 2.35 bits per heavy atom. The van der Waals surface area contributed by atoms with Crippen molar-refractivity contribution in [3.63, 3.8) is 0 Å². The van der Waals surface area contributed by atoms with E-state index in [-0.39, 0.29) is 11.9 Å². The zero-order valence-corrected chi connectivity index (χ0v) is 11.1. The number of hydrogen-bond acceptors (Lipinski definition) is 4. The maximum absolute atomic E-state index is 11.6. The maximum atomic E-state index is 11.6. The Hall–Kier alpha value is -1.43. The summed E-state index contributed by atoms with van der Waals surface area (Å²) in [5, 5.41) is 11.5. The number of carboxylic acids is 1. The minimum atomic E-state index is -1.05. The van der Waals surface area contributed by atoms with Crippen molar-refractivity contribution >= 4 is 23.2 Å². The van der Waals surface area contributed by atoms with Crippen LogP contribution in [0.3, 0.4) is 0 Å². The zero-order chi connectivity index (χ0) is 13.2. The molecule has 0 saturated heterocycles. The molecule has 0 fully saturated rings. The van der Waals surface area contributed by atoms with Crippen LogP contribution in [-0.4, -0.2) is 32.9 Å². The van der Waals surface area contributed by atoms with Crippen molar-refractivity contribution in [1.82, 2.24) is 9.88 Å². The molecule has 1 heterocycles. The predicted molar refractivity (Wildman–Crippen MR) is 64.9 cm³/mol. The largest absolute Gasteiger partial charge is 0.479 e. The number of aryl methyl sites for hydroxylation is 1. The van der Waals surface area contributed by atoms with Gasteiger partial charge in [0.05, 0.1) is 0 Å². The highest BCUT2D eigenvalue weighted by molar-refractivity contribution is 7.09. The quantitative estimate of drug-likeness (QED) is 0.892. The second-order valence-electron chi connectivity index (χ2n) is 4.09. The van der Waals surface area contributed by atoms with Gasteiger partial charge in [0, 0.05) is 24.0 Å². The molecule has 0 bridgehead atoms. The van der Waals surface area contributed by atoms with Crippen molar-refractivity contribution in [1.29, 1.82) is 0 Å². The molecule has 17 heavy (non-hydrogen) atoms. The highest BCUT2D eigenvalue weighted by atomic mass is 32.1. The molecule has 1 unspecified atom stereocenters. The fraction of sp³-hybridized carbons (Fsp3) is 0.545. The van der Waals surface area contributed by atoms with Crippen LogP contribution in [0.2, 0.25) is 0 Å². The topological polar surface area (TPSA) is 70.5 Å². The van der Waals surface area contributed by atoms with Gasteiger partial charge in [-0.3, -0.25) is 4.79 Å². The lowest BCUT2D eigenvalue weighted by molar-refractivity contribution is -0.151. The second kappa shape index (κ2) is 5.27. The standard InChI is InChI=1S/C11H16N2O3S/c1-6(2)13(8(4)14)9(11(15)16)10-12-7(3)5-17-10/h5-6,9H,1-4H3,(H,15,16). The molecule has 0 saturated carbocycles. The van der Waals surface area contributed by atoms with E-state index in [1.807, 2.05) is 0 Å². The zero-order valence-electron chi connectivity index (χ0n) is 10.3. The van der Waals surface area contributed by atoms with E-state index in [1.165, 1.54) is 23.2 Å². The smallest absolute Gasteiger partial charge is 0.333 e. The van der Waals surface area contributed by atoms with E-state index in [2.05, 4.69) is 4.98 Å². The van der Waals surface area contributed by atoms with Crippen molar-refractivity contribution in [3.05, 3.63) is 16.1 Å². The molecule has 1 rings (SSSR count). The van der Waals surface area contributed by atoms with Crippen molar-refractivity contribution in [2.75, 3.05) is 0 Å². The molecule has 1 N–H and O–H groups in total. The molecule has 0 spiro atoms. The van der Waals surface area contributed by atoms with E-state index in [9.17, 15) is 14.7 Å². The number of hydrogen-bond donors (Lipinski definition) is 1. The number of rotatable bonds is 4. The van der Waals surface area contributed by atoms with Gasteiger partial charge in [0.15, 0.2) is 6.04 Å². The highest BCUT2D eigenvalue weighted by Gasteiger charge is 2.33. The van der Waals surface area contributed by atoms with Gasteiger partial charge in [-0.1, -0.05) is 0 Å². The van der Waals surface area contributed by atoms with Crippen molar-refractivity contribution < 1.29 is 14.7 Å². The molecule has 0 aliphatic heterocycles. The van der Waals surface area contributed by atoms with Gasteiger partial charge in [0.2, 0.25) is 5.91 Å². The summed E-state index contributed by atoms with van der Waals surface area (Å²) in [6, 6.07) is -1.18. The number of aliphatic carboxylic acids is 1. The Balaban J connectivity index is 3.16. The molecule has 0 radical (unpaired) electrons. The van der Waals surface area contributed by atoms with Crippen LogP contribution in [0.4, 0.5) is 0 Å². The monoisotopic (exact) mass is 256 g/mol. The fourth-order valence-corrected chi connectivity index (χ4v) is 2.57. The van der Waals surface area contributed by atoms with Gasteiger partial charge in [0.1, 0.15) is 5.01 Å². The Labute approximate surface area is 104 Å². The Morgan fingerprint density at radius 2 is 2.06 bits per heavy atom. The highest BCUT2D eigenvalue weighted by Crippen LogP contribution is 2.26. The summed E-state index contributed by atoms with van der Waals surface area (Å²) in [5.74, 6) is -1.32. The summed E-state index contributed by atoms with van der Waals surface area (Å²) in [4.78, 5) is 28.4. The SMILES string of the molecule is CC(=O)N(C(C)C)C(C(=O)O)c1nc(C)cs1. The first kappa shape index (κ1) is 13.6. The molecule has 5 nitrogen and oxygen atoms in total. The Bertz CT molecular complexity index is 428. The Kier molecular flexibility index (Phi) is 4.22. The van der Waals surface area contributed by atoms with E-state index in [0.717, 1.165) is 5.69 Å². The number of carbonyl (C=O) groups excluding carboxylic acids is 1. The lowest BCUT2D eigenvalue weighted by Gasteiger charge is -2.30. The lowest BCUT2D eigenvalue weighted by Crippen LogP contribution is -2.42. The number of carboxylic acid groups (broad SMARTS) is 1. The molecule has 1 atom stereocenters. The van der Waals surface area contributed by atoms with Gasteiger partial charge >= 0.3 is 5.97 Å². The van der Waals surface area contributed by atoms with E-state index < -0.39 is 12.0 Å². The number of carbonyl (C=O) groups is 2. The van der Waals surface area contributed by atoms with Crippen LogP contribution in [0.25, 0.3) is 0 Å². The van der Waals surface area contributed by atoms with Gasteiger partial charge < -0.3 is 10.0 Å².